The Kier molecular flexibility index (Phi) is 5.05. The van der Waals surface area contributed by atoms with Crippen LogP contribution in [0.1, 0.15) is 11.1 Å². The number of amidine groups is 1. The summed E-state index contributed by atoms with van der Waals surface area (Å²) >= 11 is 1.33. The van der Waals surface area contributed by atoms with Crippen LogP contribution in [0, 0.1) is 11.3 Å². The van der Waals surface area contributed by atoms with Gasteiger partial charge in [0.15, 0.2) is 5.17 Å². The molecule has 0 spiro atoms. The van der Waals surface area contributed by atoms with Crippen molar-refractivity contribution in [3.63, 3.8) is 0 Å². The third-order valence-electron chi connectivity index (χ3n) is 4.12. The van der Waals surface area contributed by atoms with E-state index < -0.39 is 0 Å². The SMILES string of the molecule is N#Cc1cccc(/C=C2\SC(=Nc3ccccc3)N(c3ccccc3)C2=O)c1. The Labute approximate surface area is 167 Å². The average Bonchev–Trinajstić information content (AvgIpc) is 3.04. The van der Waals surface area contributed by atoms with Crippen LogP contribution in [0.3, 0.4) is 0 Å². The third-order valence-corrected chi connectivity index (χ3v) is 5.08. The van der Waals surface area contributed by atoms with Crippen LogP contribution in [0.25, 0.3) is 6.08 Å². The molecule has 1 aliphatic rings. The van der Waals surface area contributed by atoms with Gasteiger partial charge in [-0.25, -0.2) is 4.99 Å². The average molecular weight is 381 g/mol. The van der Waals surface area contributed by atoms with Crippen molar-refractivity contribution in [3.05, 3.63) is 101 Å². The maximum atomic E-state index is 13.2. The van der Waals surface area contributed by atoms with Crippen LogP contribution in [0.15, 0.2) is 94.8 Å². The molecule has 1 heterocycles. The quantitative estimate of drug-likeness (QED) is 0.573. The number of amides is 1. The maximum Gasteiger partial charge on any atom is 0.271 e. The molecule has 0 bridgehead atoms. The molecule has 1 saturated heterocycles. The van der Waals surface area contributed by atoms with Crippen molar-refractivity contribution in [2.75, 3.05) is 4.90 Å². The number of carbonyl (C=O) groups is 1. The van der Waals surface area contributed by atoms with Gasteiger partial charge in [0, 0.05) is 0 Å². The Morgan fingerprint density at radius 3 is 2.36 bits per heavy atom. The van der Waals surface area contributed by atoms with Gasteiger partial charge in [0.25, 0.3) is 5.91 Å². The van der Waals surface area contributed by atoms with Crippen molar-refractivity contribution < 1.29 is 4.79 Å². The van der Waals surface area contributed by atoms with Crippen molar-refractivity contribution in [1.82, 2.24) is 0 Å². The Morgan fingerprint density at radius 2 is 1.64 bits per heavy atom. The minimum atomic E-state index is -0.131. The number of hydrogen-bond acceptors (Lipinski definition) is 4. The summed E-state index contributed by atoms with van der Waals surface area (Å²) in [6.07, 6.45) is 1.80. The van der Waals surface area contributed by atoms with Gasteiger partial charge in [-0.2, -0.15) is 5.26 Å². The predicted molar refractivity (Wildman–Crippen MR) is 114 cm³/mol. The summed E-state index contributed by atoms with van der Waals surface area (Å²) in [4.78, 5) is 20.0. The minimum absolute atomic E-state index is 0.131. The standard InChI is InChI=1S/C23H15N3OS/c24-16-18-9-7-8-17(14-18)15-21-22(27)26(20-12-5-2-6-13-20)23(28-21)25-19-10-3-1-4-11-19/h1-15H/b21-15-,25-23?. The molecule has 1 aliphatic heterocycles. The zero-order chi connectivity index (χ0) is 19.3. The predicted octanol–water partition coefficient (Wildman–Crippen LogP) is 5.37. The molecular formula is C23H15N3OS. The lowest BCUT2D eigenvalue weighted by Crippen LogP contribution is -2.28. The van der Waals surface area contributed by atoms with E-state index in [0.717, 1.165) is 16.9 Å². The van der Waals surface area contributed by atoms with Crippen LogP contribution in [0.5, 0.6) is 0 Å². The molecule has 0 atom stereocenters. The van der Waals surface area contributed by atoms with E-state index in [0.29, 0.717) is 15.6 Å². The van der Waals surface area contributed by atoms with Crippen molar-refractivity contribution >= 4 is 40.3 Å². The summed E-state index contributed by atoms with van der Waals surface area (Å²) in [6, 6.07) is 28.4. The summed E-state index contributed by atoms with van der Waals surface area (Å²) in [5.41, 5.74) is 2.92. The second kappa shape index (κ2) is 7.95. The number of hydrogen-bond donors (Lipinski definition) is 0. The lowest BCUT2D eigenvalue weighted by atomic mass is 10.1. The minimum Gasteiger partial charge on any atom is -0.268 e. The van der Waals surface area contributed by atoms with Gasteiger partial charge in [0.05, 0.1) is 27.9 Å². The van der Waals surface area contributed by atoms with Gasteiger partial charge < -0.3 is 0 Å². The van der Waals surface area contributed by atoms with Gasteiger partial charge in [-0.3, -0.25) is 9.69 Å². The molecule has 4 rings (SSSR count). The fourth-order valence-corrected chi connectivity index (χ4v) is 3.82. The molecule has 0 unspecified atom stereocenters. The summed E-state index contributed by atoms with van der Waals surface area (Å²) in [6.45, 7) is 0. The second-order valence-corrected chi connectivity index (χ2v) is 7.06. The molecule has 1 amide bonds. The number of para-hydroxylation sites is 2. The zero-order valence-corrected chi connectivity index (χ0v) is 15.6. The normalized spacial score (nSPS) is 16.5. The van der Waals surface area contributed by atoms with E-state index in [-0.39, 0.29) is 5.91 Å². The molecule has 134 valence electrons. The number of aliphatic imine (C=N–C) groups is 1. The van der Waals surface area contributed by atoms with Gasteiger partial charge in [-0.1, -0.05) is 48.5 Å². The zero-order valence-electron chi connectivity index (χ0n) is 14.8. The Morgan fingerprint density at radius 1 is 0.929 bits per heavy atom. The molecule has 0 saturated carbocycles. The summed E-state index contributed by atoms with van der Waals surface area (Å²) in [5, 5.41) is 9.70. The number of anilines is 1. The second-order valence-electron chi connectivity index (χ2n) is 6.05. The number of nitriles is 1. The lowest BCUT2D eigenvalue weighted by molar-refractivity contribution is -0.113. The Bertz CT molecular complexity index is 1120. The van der Waals surface area contributed by atoms with E-state index in [1.54, 1.807) is 23.1 Å². The van der Waals surface area contributed by atoms with Crippen molar-refractivity contribution in [2.45, 2.75) is 0 Å². The highest BCUT2D eigenvalue weighted by molar-refractivity contribution is 8.19. The summed E-state index contributed by atoms with van der Waals surface area (Å²) < 4.78 is 0. The van der Waals surface area contributed by atoms with Crippen LogP contribution < -0.4 is 4.90 Å². The molecule has 0 aliphatic carbocycles. The largest absolute Gasteiger partial charge is 0.271 e. The van der Waals surface area contributed by atoms with Crippen LogP contribution in [-0.2, 0) is 4.79 Å². The molecule has 28 heavy (non-hydrogen) atoms. The first-order valence-corrected chi connectivity index (χ1v) is 9.49. The molecule has 3 aromatic carbocycles. The molecular weight excluding hydrogens is 366 g/mol. The van der Waals surface area contributed by atoms with Gasteiger partial charge >= 0.3 is 0 Å². The number of carbonyl (C=O) groups excluding carboxylic acids is 1. The Balaban J connectivity index is 1.77. The number of rotatable bonds is 3. The van der Waals surface area contributed by atoms with Gasteiger partial charge in [0.2, 0.25) is 0 Å². The smallest absolute Gasteiger partial charge is 0.268 e. The van der Waals surface area contributed by atoms with Gasteiger partial charge in [-0.15, -0.1) is 0 Å². The molecule has 0 aromatic heterocycles. The van der Waals surface area contributed by atoms with Crippen LogP contribution >= 0.6 is 11.8 Å². The highest BCUT2D eigenvalue weighted by Crippen LogP contribution is 2.37. The molecule has 5 heteroatoms. The highest BCUT2D eigenvalue weighted by atomic mass is 32.2. The fraction of sp³-hybridized carbons (Fsp3) is 0. The first-order chi connectivity index (χ1) is 13.7. The molecule has 4 nitrogen and oxygen atoms in total. The number of thioether (sulfide) groups is 1. The first kappa shape index (κ1) is 17.8. The fourth-order valence-electron chi connectivity index (χ4n) is 2.82. The number of benzene rings is 3. The summed E-state index contributed by atoms with van der Waals surface area (Å²) in [7, 11) is 0. The van der Waals surface area contributed by atoms with E-state index in [4.69, 9.17) is 5.26 Å². The number of nitrogens with zero attached hydrogens (tertiary/aromatic N) is 3. The summed E-state index contributed by atoms with van der Waals surface area (Å²) in [5.74, 6) is -0.131. The van der Waals surface area contributed by atoms with Crippen LogP contribution in [0.4, 0.5) is 11.4 Å². The van der Waals surface area contributed by atoms with Crippen molar-refractivity contribution in [3.8, 4) is 6.07 Å². The first-order valence-electron chi connectivity index (χ1n) is 8.67. The molecule has 0 radical (unpaired) electrons. The topological polar surface area (TPSA) is 56.5 Å². The van der Waals surface area contributed by atoms with E-state index in [1.165, 1.54) is 11.8 Å². The maximum absolute atomic E-state index is 13.2. The Hall–Kier alpha value is -3.62. The van der Waals surface area contributed by atoms with Gasteiger partial charge in [0.1, 0.15) is 0 Å². The van der Waals surface area contributed by atoms with E-state index in [9.17, 15) is 4.79 Å². The lowest BCUT2D eigenvalue weighted by Gasteiger charge is -2.15. The van der Waals surface area contributed by atoms with E-state index in [1.807, 2.05) is 72.8 Å². The molecule has 1 fully saturated rings. The monoisotopic (exact) mass is 381 g/mol. The molecule has 0 N–H and O–H groups in total. The van der Waals surface area contributed by atoms with Gasteiger partial charge in [-0.05, 0) is 59.8 Å². The van der Waals surface area contributed by atoms with Crippen LogP contribution in [-0.4, -0.2) is 11.1 Å². The highest BCUT2D eigenvalue weighted by Gasteiger charge is 2.34. The van der Waals surface area contributed by atoms with E-state index in [2.05, 4.69) is 11.1 Å². The van der Waals surface area contributed by atoms with E-state index >= 15 is 0 Å². The molecule has 3 aromatic rings. The van der Waals surface area contributed by atoms with Crippen molar-refractivity contribution in [1.29, 1.82) is 5.26 Å². The third kappa shape index (κ3) is 3.73. The van der Waals surface area contributed by atoms with Crippen LogP contribution in [0.2, 0.25) is 0 Å². The van der Waals surface area contributed by atoms with Crippen molar-refractivity contribution in [2.24, 2.45) is 4.99 Å².